The smallest absolute Gasteiger partial charge is 0.227 e. The first-order chi connectivity index (χ1) is 14.0. The second kappa shape index (κ2) is 7.88. The molecular formula is C23H24ClNO4. The molecule has 6 atom stereocenters. The van der Waals surface area contributed by atoms with Crippen LogP contribution in [0.5, 0.6) is 0 Å². The number of fused-ring (bicyclic) bond motifs is 1. The van der Waals surface area contributed by atoms with Gasteiger partial charge in [0.15, 0.2) is 0 Å². The van der Waals surface area contributed by atoms with Crippen LogP contribution in [0.1, 0.15) is 48.6 Å². The predicted octanol–water partition coefficient (Wildman–Crippen LogP) is 4.60. The maximum absolute atomic E-state index is 12.4. The number of carbonyl (C=O) groups excluding carboxylic acids is 1. The number of carbonyl (C=O) groups is 1. The lowest BCUT2D eigenvalue weighted by Crippen LogP contribution is -2.61. The highest BCUT2D eigenvalue weighted by Crippen LogP contribution is 2.58. The Morgan fingerprint density at radius 1 is 1.03 bits per heavy atom. The number of nitrogens with zero attached hydrogens (tertiary/aromatic N) is 1. The minimum absolute atomic E-state index is 0.248. The van der Waals surface area contributed by atoms with Crippen molar-refractivity contribution in [1.29, 1.82) is 0 Å². The predicted molar refractivity (Wildman–Crippen MR) is 111 cm³/mol. The van der Waals surface area contributed by atoms with E-state index in [1.807, 2.05) is 30.3 Å². The Morgan fingerprint density at radius 3 is 2.31 bits per heavy atom. The zero-order valence-electron chi connectivity index (χ0n) is 16.0. The zero-order valence-corrected chi connectivity index (χ0v) is 16.7. The zero-order chi connectivity index (χ0) is 20.6. The summed E-state index contributed by atoms with van der Waals surface area (Å²) in [4.78, 5) is 24.4. The van der Waals surface area contributed by atoms with Crippen LogP contribution in [0, 0.1) is 22.0 Å². The summed E-state index contributed by atoms with van der Waals surface area (Å²) in [6.07, 6.45) is 3.62. The molecule has 2 aliphatic carbocycles. The van der Waals surface area contributed by atoms with Crippen LogP contribution in [0.25, 0.3) is 0 Å². The van der Waals surface area contributed by atoms with Crippen molar-refractivity contribution in [3.05, 3.63) is 80.9 Å². The van der Waals surface area contributed by atoms with Gasteiger partial charge in [0.1, 0.15) is 6.29 Å². The average molecular weight is 414 g/mol. The molecule has 1 N–H and O–H groups in total. The lowest BCUT2D eigenvalue weighted by Gasteiger charge is -2.54. The van der Waals surface area contributed by atoms with Gasteiger partial charge >= 0.3 is 0 Å². The minimum Gasteiger partial charge on any atom is -0.389 e. The Balaban J connectivity index is 1.93. The Bertz CT molecular complexity index is 888. The summed E-state index contributed by atoms with van der Waals surface area (Å²) in [6, 6.07) is 15.3. The first kappa shape index (κ1) is 20.0. The van der Waals surface area contributed by atoms with Gasteiger partial charge in [0.05, 0.1) is 23.4 Å². The Morgan fingerprint density at radius 2 is 1.69 bits per heavy atom. The fourth-order valence-electron chi connectivity index (χ4n) is 5.76. The number of aliphatic hydroxyl groups is 1. The second-order valence-electron chi connectivity index (χ2n) is 8.30. The van der Waals surface area contributed by atoms with Crippen molar-refractivity contribution in [3.8, 4) is 0 Å². The van der Waals surface area contributed by atoms with Gasteiger partial charge in [-0.15, -0.1) is 0 Å². The van der Waals surface area contributed by atoms with E-state index in [0.29, 0.717) is 23.4 Å². The van der Waals surface area contributed by atoms with E-state index in [-0.39, 0.29) is 10.8 Å². The number of halogens is 1. The van der Waals surface area contributed by atoms with Crippen molar-refractivity contribution in [1.82, 2.24) is 0 Å². The molecule has 29 heavy (non-hydrogen) atoms. The fourth-order valence-corrected chi connectivity index (χ4v) is 5.88. The molecule has 0 spiro atoms. The van der Waals surface area contributed by atoms with E-state index in [1.54, 1.807) is 24.3 Å². The Labute approximate surface area is 174 Å². The molecular weight excluding hydrogens is 390 g/mol. The molecule has 6 heteroatoms. The molecule has 0 heterocycles. The van der Waals surface area contributed by atoms with Gasteiger partial charge in [-0.2, -0.15) is 0 Å². The molecule has 0 bridgehead atoms. The Hall–Kier alpha value is -2.24. The summed E-state index contributed by atoms with van der Waals surface area (Å²) >= 11 is 6.03. The monoisotopic (exact) mass is 413 g/mol. The van der Waals surface area contributed by atoms with Crippen molar-refractivity contribution >= 4 is 17.9 Å². The quantitative estimate of drug-likeness (QED) is 0.451. The van der Waals surface area contributed by atoms with Gasteiger partial charge in [0.25, 0.3) is 0 Å². The largest absolute Gasteiger partial charge is 0.389 e. The van der Waals surface area contributed by atoms with E-state index >= 15 is 0 Å². The van der Waals surface area contributed by atoms with Crippen molar-refractivity contribution in [2.75, 3.05) is 0 Å². The summed E-state index contributed by atoms with van der Waals surface area (Å²) < 4.78 is 0. The Kier molecular flexibility index (Phi) is 5.45. The normalized spacial score (nSPS) is 34.2. The van der Waals surface area contributed by atoms with Crippen LogP contribution in [0.15, 0.2) is 54.6 Å². The minimum atomic E-state index is -1.25. The van der Waals surface area contributed by atoms with Crippen molar-refractivity contribution < 1.29 is 14.8 Å². The molecule has 5 nitrogen and oxygen atoms in total. The molecule has 0 saturated heterocycles. The molecule has 152 valence electrons. The maximum atomic E-state index is 12.4. The number of nitro groups is 1. The van der Waals surface area contributed by atoms with Crippen LogP contribution < -0.4 is 0 Å². The number of hydrogen-bond acceptors (Lipinski definition) is 4. The van der Waals surface area contributed by atoms with Gasteiger partial charge in [-0.05, 0) is 36.1 Å². The first-order valence-electron chi connectivity index (χ1n) is 10.1. The highest BCUT2D eigenvalue weighted by molar-refractivity contribution is 6.30. The van der Waals surface area contributed by atoms with E-state index < -0.39 is 29.4 Å². The summed E-state index contributed by atoms with van der Waals surface area (Å²) in [5, 5.41) is 24.7. The number of rotatable bonds is 4. The molecule has 0 aliphatic heterocycles. The summed E-state index contributed by atoms with van der Waals surface area (Å²) in [6.45, 7) is 0. The molecule has 2 aromatic rings. The maximum Gasteiger partial charge on any atom is 0.227 e. The van der Waals surface area contributed by atoms with Crippen molar-refractivity contribution in [3.63, 3.8) is 0 Å². The lowest BCUT2D eigenvalue weighted by molar-refractivity contribution is -0.541. The van der Waals surface area contributed by atoms with E-state index in [4.69, 9.17) is 11.6 Å². The molecule has 2 fully saturated rings. The standard InChI is InChI=1S/C23H24ClNO4/c24-17-11-9-16(10-12-17)21-19(14-26)23(27)13-5-4-8-18(23)20(22(21)25(28)29)15-6-2-1-3-7-15/h1-3,6-7,9-12,14,18-22,27H,4-5,8,13H2/t18-,19+,20-,21+,22+,23-/m0/s1. The molecule has 0 amide bonds. The fraction of sp³-hybridized carbons (Fsp3) is 0.435. The number of benzene rings is 2. The number of hydrogen-bond donors (Lipinski definition) is 1. The molecule has 2 aliphatic rings. The van der Waals surface area contributed by atoms with Crippen LogP contribution in [0.4, 0.5) is 0 Å². The van der Waals surface area contributed by atoms with Gasteiger partial charge < -0.3 is 9.90 Å². The summed E-state index contributed by atoms with van der Waals surface area (Å²) in [5.74, 6) is -2.34. The third kappa shape index (κ3) is 3.36. The van der Waals surface area contributed by atoms with Crippen LogP contribution in [-0.4, -0.2) is 28.0 Å². The highest BCUT2D eigenvalue weighted by atomic mass is 35.5. The number of aldehydes is 1. The highest BCUT2D eigenvalue weighted by Gasteiger charge is 2.63. The van der Waals surface area contributed by atoms with Crippen molar-refractivity contribution in [2.45, 2.75) is 49.2 Å². The molecule has 4 rings (SSSR count). The van der Waals surface area contributed by atoms with Crippen molar-refractivity contribution in [2.24, 2.45) is 11.8 Å². The SMILES string of the molecule is O=C[C@@H]1[C@@H](c2ccc(Cl)cc2)[C@H]([N+](=O)[O-])[C@@H](c2ccccc2)[C@@H]2CCCC[C@@]12O. The van der Waals surface area contributed by atoms with Gasteiger partial charge in [0.2, 0.25) is 6.04 Å². The molecule has 2 saturated carbocycles. The van der Waals surface area contributed by atoms with Crippen LogP contribution in [-0.2, 0) is 4.79 Å². The van der Waals surface area contributed by atoms with E-state index in [0.717, 1.165) is 24.7 Å². The van der Waals surface area contributed by atoms with Gasteiger partial charge in [-0.25, -0.2) is 0 Å². The van der Waals surface area contributed by atoms with Gasteiger partial charge in [-0.1, -0.05) is 66.9 Å². The molecule has 0 unspecified atom stereocenters. The summed E-state index contributed by atoms with van der Waals surface area (Å²) in [7, 11) is 0. The average Bonchev–Trinajstić information content (AvgIpc) is 2.72. The third-order valence-corrected chi connectivity index (χ3v) is 7.20. The van der Waals surface area contributed by atoms with Crippen LogP contribution in [0.3, 0.4) is 0 Å². The third-order valence-electron chi connectivity index (χ3n) is 6.95. The first-order valence-corrected chi connectivity index (χ1v) is 10.5. The van der Waals surface area contributed by atoms with E-state index in [1.165, 1.54) is 0 Å². The molecule has 2 aromatic carbocycles. The lowest BCUT2D eigenvalue weighted by atomic mass is 9.51. The van der Waals surface area contributed by atoms with Crippen LogP contribution >= 0.6 is 11.6 Å². The summed E-state index contributed by atoms with van der Waals surface area (Å²) in [5.41, 5.74) is 0.270. The molecule has 0 aromatic heterocycles. The topological polar surface area (TPSA) is 80.4 Å². The van der Waals surface area contributed by atoms with E-state index in [2.05, 4.69) is 0 Å². The second-order valence-corrected chi connectivity index (χ2v) is 8.73. The van der Waals surface area contributed by atoms with Gasteiger partial charge in [-0.3, -0.25) is 10.1 Å². The van der Waals surface area contributed by atoms with Crippen LogP contribution in [0.2, 0.25) is 5.02 Å². The molecule has 0 radical (unpaired) electrons. The van der Waals surface area contributed by atoms with E-state index in [9.17, 15) is 20.0 Å². The van der Waals surface area contributed by atoms with Gasteiger partial charge in [0, 0.05) is 15.9 Å².